The number of carbonyl (C=O) groups excluding carboxylic acids is 1. The highest BCUT2D eigenvalue weighted by molar-refractivity contribution is 6.37. The van der Waals surface area contributed by atoms with Crippen LogP contribution in [-0.4, -0.2) is 15.9 Å². The molecule has 98 valence electrons. The molecule has 19 heavy (non-hydrogen) atoms. The van der Waals surface area contributed by atoms with Crippen LogP contribution in [-0.2, 0) is 0 Å². The van der Waals surface area contributed by atoms with Crippen LogP contribution in [0.1, 0.15) is 16.1 Å². The molecule has 4 nitrogen and oxygen atoms in total. The summed E-state index contributed by atoms with van der Waals surface area (Å²) >= 11 is 17.7. The van der Waals surface area contributed by atoms with Crippen molar-refractivity contribution in [1.29, 1.82) is 0 Å². The van der Waals surface area contributed by atoms with Gasteiger partial charge in [-0.2, -0.15) is 0 Å². The van der Waals surface area contributed by atoms with Gasteiger partial charge in [-0.3, -0.25) is 9.78 Å². The molecule has 0 radical (unpaired) electrons. The maximum Gasteiger partial charge on any atom is 0.259 e. The monoisotopic (exact) mass is 315 g/mol. The summed E-state index contributed by atoms with van der Waals surface area (Å²) in [6, 6.07) is 3.05. The highest BCUT2D eigenvalue weighted by Gasteiger charge is 2.14. The summed E-state index contributed by atoms with van der Waals surface area (Å²) in [6.07, 6.45) is 2.87. The fraction of sp³-hybridized carbons (Fsp3) is 0.0833. The van der Waals surface area contributed by atoms with Crippen LogP contribution in [0.3, 0.4) is 0 Å². The molecule has 0 saturated heterocycles. The van der Waals surface area contributed by atoms with Gasteiger partial charge < -0.3 is 5.32 Å². The van der Waals surface area contributed by atoms with Gasteiger partial charge in [0, 0.05) is 12.4 Å². The number of nitrogens with zero attached hydrogens (tertiary/aromatic N) is 2. The third-order valence-electron chi connectivity index (χ3n) is 2.35. The zero-order chi connectivity index (χ0) is 14.0. The zero-order valence-corrected chi connectivity index (χ0v) is 12.0. The Kier molecular flexibility index (Phi) is 4.24. The number of halogens is 3. The van der Waals surface area contributed by atoms with Gasteiger partial charge in [0.1, 0.15) is 0 Å². The average Bonchev–Trinajstić information content (AvgIpc) is 2.36. The Morgan fingerprint density at radius 2 is 1.95 bits per heavy atom. The van der Waals surface area contributed by atoms with Crippen molar-refractivity contribution in [3.63, 3.8) is 0 Å². The molecule has 2 rings (SSSR count). The lowest BCUT2D eigenvalue weighted by atomic mass is 10.2. The molecule has 0 aliphatic heterocycles. The number of aromatic nitrogens is 2. The summed E-state index contributed by atoms with van der Waals surface area (Å²) in [5.74, 6) is -0.206. The highest BCUT2D eigenvalue weighted by atomic mass is 35.5. The Balaban J connectivity index is 2.30. The molecule has 0 atom stereocenters. The van der Waals surface area contributed by atoms with E-state index in [9.17, 15) is 4.79 Å². The van der Waals surface area contributed by atoms with Gasteiger partial charge in [0.15, 0.2) is 5.82 Å². The number of nitrogens with one attached hydrogen (secondary N) is 1. The van der Waals surface area contributed by atoms with E-state index in [1.165, 1.54) is 24.5 Å². The predicted molar refractivity (Wildman–Crippen MR) is 76.2 cm³/mol. The number of carbonyl (C=O) groups is 1. The minimum atomic E-state index is -0.436. The normalized spacial score (nSPS) is 10.3. The minimum absolute atomic E-state index is 0.230. The molecular weight excluding hydrogens is 309 g/mol. The van der Waals surface area contributed by atoms with Gasteiger partial charge in [0.2, 0.25) is 0 Å². The second kappa shape index (κ2) is 5.74. The van der Waals surface area contributed by atoms with E-state index in [2.05, 4.69) is 15.3 Å². The maximum atomic E-state index is 12.0. The van der Waals surface area contributed by atoms with E-state index < -0.39 is 5.91 Å². The number of hydrogen-bond donors (Lipinski definition) is 1. The van der Waals surface area contributed by atoms with Gasteiger partial charge in [-0.25, -0.2) is 4.98 Å². The van der Waals surface area contributed by atoms with Gasteiger partial charge in [-0.15, -0.1) is 0 Å². The predicted octanol–water partition coefficient (Wildman–Crippen LogP) is 4.00. The smallest absolute Gasteiger partial charge is 0.259 e. The van der Waals surface area contributed by atoms with Crippen LogP contribution in [0.5, 0.6) is 0 Å². The number of hydrogen-bond acceptors (Lipinski definition) is 3. The highest BCUT2D eigenvalue weighted by Crippen LogP contribution is 2.26. The van der Waals surface area contributed by atoms with Gasteiger partial charge in [0.25, 0.3) is 5.91 Å². The average molecular weight is 317 g/mol. The lowest BCUT2D eigenvalue weighted by Crippen LogP contribution is -2.14. The van der Waals surface area contributed by atoms with Crippen molar-refractivity contribution in [2.75, 3.05) is 5.32 Å². The number of pyridine rings is 2. The molecule has 0 saturated carbocycles. The third kappa shape index (κ3) is 3.15. The quantitative estimate of drug-likeness (QED) is 0.911. The topological polar surface area (TPSA) is 54.9 Å². The van der Waals surface area contributed by atoms with Gasteiger partial charge >= 0.3 is 0 Å². The van der Waals surface area contributed by atoms with Crippen molar-refractivity contribution in [3.05, 3.63) is 50.9 Å². The molecule has 0 fully saturated rings. The molecular formula is C12H8Cl3N3O. The van der Waals surface area contributed by atoms with Crippen molar-refractivity contribution >= 4 is 46.5 Å². The zero-order valence-electron chi connectivity index (χ0n) is 9.75. The van der Waals surface area contributed by atoms with E-state index in [1.54, 1.807) is 6.92 Å². The van der Waals surface area contributed by atoms with Gasteiger partial charge in [0.05, 0.1) is 26.3 Å². The fourth-order valence-corrected chi connectivity index (χ4v) is 1.96. The summed E-state index contributed by atoms with van der Waals surface area (Å²) in [4.78, 5) is 20.0. The summed E-state index contributed by atoms with van der Waals surface area (Å²) in [6.45, 7) is 1.71. The summed E-state index contributed by atoms with van der Waals surface area (Å²) < 4.78 is 0. The SMILES string of the molecule is Cc1nc(NC(=O)c2cnccc2Cl)c(Cl)cc1Cl. The number of amides is 1. The van der Waals surface area contributed by atoms with Crippen LogP contribution in [0.2, 0.25) is 15.1 Å². The van der Waals surface area contributed by atoms with Crippen LogP contribution >= 0.6 is 34.8 Å². The molecule has 0 bridgehead atoms. The first kappa shape index (κ1) is 14.1. The van der Waals surface area contributed by atoms with Crippen molar-refractivity contribution < 1.29 is 4.79 Å². The van der Waals surface area contributed by atoms with E-state index >= 15 is 0 Å². The van der Waals surface area contributed by atoms with Crippen molar-refractivity contribution in [1.82, 2.24) is 9.97 Å². The van der Waals surface area contributed by atoms with Crippen molar-refractivity contribution in [3.8, 4) is 0 Å². The molecule has 0 aliphatic rings. The van der Waals surface area contributed by atoms with Crippen LogP contribution in [0.15, 0.2) is 24.5 Å². The molecule has 0 unspecified atom stereocenters. The Labute approximate surface area is 124 Å². The van der Waals surface area contributed by atoms with Crippen LogP contribution in [0.25, 0.3) is 0 Å². The van der Waals surface area contributed by atoms with E-state index in [0.717, 1.165) is 0 Å². The molecule has 0 aromatic carbocycles. The molecule has 7 heteroatoms. The number of anilines is 1. The van der Waals surface area contributed by atoms with Crippen LogP contribution < -0.4 is 5.32 Å². The second-order valence-corrected chi connectivity index (χ2v) is 4.92. The Bertz CT molecular complexity index is 646. The standard InChI is InChI=1S/C12H8Cl3N3O/c1-6-9(14)4-10(15)11(17-6)18-12(19)7-5-16-3-2-8(7)13/h2-5H,1H3,(H,17,18,19). The third-order valence-corrected chi connectivity index (χ3v) is 3.35. The molecule has 1 amide bonds. The molecule has 1 N–H and O–H groups in total. The lowest BCUT2D eigenvalue weighted by Gasteiger charge is -2.08. The molecule has 0 spiro atoms. The largest absolute Gasteiger partial charge is 0.305 e. The van der Waals surface area contributed by atoms with Crippen molar-refractivity contribution in [2.45, 2.75) is 6.92 Å². The lowest BCUT2D eigenvalue weighted by molar-refractivity contribution is 0.102. The summed E-state index contributed by atoms with van der Waals surface area (Å²) in [5, 5.41) is 3.56. The molecule has 2 aromatic heterocycles. The Hall–Kier alpha value is -1.36. The number of aryl methyl sites for hydroxylation is 1. The fourth-order valence-electron chi connectivity index (χ4n) is 1.37. The molecule has 0 aliphatic carbocycles. The van der Waals surface area contributed by atoms with E-state index in [1.807, 2.05) is 0 Å². The number of rotatable bonds is 2. The van der Waals surface area contributed by atoms with Crippen molar-refractivity contribution in [2.24, 2.45) is 0 Å². The van der Waals surface area contributed by atoms with Gasteiger partial charge in [-0.05, 0) is 19.1 Å². The van der Waals surface area contributed by atoms with Crippen LogP contribution in [0.4, 0.5) is 5.82 Å². The first-order valence-electron chi connectivity index (χ1n) is 5.22. The first-order valence-corrected chi connectivity index (χ1v) is 6.36. The molecule has 2 aromatic rings. The summed E-state index contributed by atoms with van der Waals surface area (Å²) in [5.41, 5.74) is 0.813. The van der Waals surface area contributed by atoms with E-state index in [0.29, 0.717) is 15.7 Å². The summed E-state index contributed by atoms with van der Waals surface area (Å²) in [7, 11) is 0. The minimum Gasteiger partial charge on any atom is -0.305 e. The van der Waals surface area contributed by atoms with E-state index in [4.69, 9.17) is 34.8 Å². The maximum absolute atomic E-state index is 12.0. The first-order chi connectivity index (χ1) is 8.99. The Morgan fingerprint density at radius 3 is 2.63 bits per heavy atom. The Morgan fingerprint density at radius 1 is 1.21 bits per heavy atom. The van der Waals surface area contributed by atoms with E-state index in [-0.39, 0.29) is 16.4 Å². The second-order valence-electron chi connectivity index (χ2n) is 3.70. The van der Waals surface area contributed by atoms with Crippen LogP contribution in [0, 0.1) is 6.92 Å². The van der Waals surface area contributed by atoms with Gasteiger partial charge in [-0.1, -0.05) is 34.8 Å². The molecule has 2 heterocycles.